The minimum absolute atomic E-state index is 0.0526. The summed E-state index contributed by atoms with van der Waals surface area (Å²) in [7, 11) is 0. The first kappa shape index (κ1) is 11.1. The van der Waals surface area contributed by atoms with Crippen LogP contribution in [0.15, 0.2) is 6.20 Å². The van der Waals surface area contributed by atoms with Crippen molar-refractivity contribution < 1.29 is 9.72 Å². The van der Waals surface area contributed by atoms with Crippen LogP contribution in [-0.4, -0.2) is 20.6 Å². The molecule has 0 aliphatic carbocycles. The van der Waals surface area contributed by atoms with Crippen molar-refractivity contribution in [2.75, 3.05) is 0 Å². The predicted molar refractivity (Wildman–Crippen MR) is 50.6 cm³/mol. The van der Waals surface area contributed by atoms with E-state index in [1.54, 1.807) is 6.92 Å². The van der Waals surface area contributed by atoms with Gasteiger partial charge in [0, 0.05) is 6.42 Å². The van der Waals surface area contributed by atoms with Crippen molar-refractivity contribution in [3.05, 3.63) is 22.0 Å². The number of rotatable bonds is 4. The number of nitrogens with two attached hydrogens (primary N) is 1. The molecule has 82 valence electrons. The van der Waals surface area contributed by atoms with Gasteiger partial charge in [-0.1, -0.05) is 0 Å². The van der Waals surface area contributed by atoms with Crippen LogP contribution >= 0.6 is 0 Å². The molecule has 0 aliphatic rings. The zero-order valence-corrected chi connectivity index (χ0v) is 8.14. The molecule has 0 unspecified atom stereocenters. The number of hydrazine groups is 1. The minimum atomic E-state index is -0.512. The molecule has 1 heterocycles. The van der Waals surface area contributed by atoms with E-state index in [4.69, 9.17) is 5.84 Å². The van der Waals surface area contributed by atoms with Gasteiger partial charge in [-0.3, -0.25) is 25.0 Å². The summed E-state index contributed by atoms with van der Waals surface area (Å²) in [5.74, 6) is 4.55. The van der Waals surface area contributed by atoms with Crippen molar-refractivity contribution in [2.45, 2.75) is 19.9 Å². The van der Waals surface area contributed by atoms with E-state index in [0.717, 1.165) is 6.20 Å². The Morgan fingerprint density at radius 1 is 1.80 bits per heavy atom. The zero-order chi connectivity index (χ0) is 11.4. The lowest BCUT2D eigenvalue weighted by Crippen LogP contribution is -2.30. The van der Waals surface area contributed by atoms with Crippen LogP contribution in [0.4, 0.5) is 5.69 Å². The Bertz CT molecular complexity index is 386. The van der Waals surface area contributed by atoms with E-state index in [9.17, 15) is 14.9 Å². The number of nitro groups is 1. The molecule has 0 atom stereocenters. The van der Waals surface area contributed by atoms with Crippen molar-refractivity contribution in [1.82, 2.24) is 15.2 Å². The highest BCUT2D eigenvalue weighted by atomic mass is 16.6. The van der Waals surface area contributed by atoms with E-state index >= 15 is 0 Å². The van der Waals surface area contributed by atoms with Gasteiger partial charge in [0.2, 0.25) is 5.91 Å². The van der Waals surface area contributed by atoms with Crippen molar-refractivity contribution >= 4 is 11.6 Å². The predicted octanol–water partition coefficient (Wildman–Crippen LogP) is -0.520. The largest absolute Gasteiger partial charge is 0.309 e. The van der Waals surface area contributed by atoms with Crippen LogP contribution in [0.3, 0.4) is 0 Å². The molecule has 8 nitrogen and oxygen atoms in total. The lowest BCUT2D eigenvalue weighted by atomic mass is 10.3. The van der Waals surface area contributed by atoms with Gasteiger partial charge < -0.3 is 0 Å². The molecule has 0 saturated carbocycles. The Morgan fingerprint density at radius 3 is 2.93 bits per heavy atom. The first-order valence-electron chi connectivity index (χ1n) is 4.22. The summed E-state index contributed by atoms with van der Waals surface area (Å²) < 4.78 is 1.40. The average molecular weight is 213 g/mol. The fourth-order valence-electron chi connectivity index (χ4n) is 1.12. The molecule has 0 aromatic carbocycles. The standard InChI is InChI=1S/C7H11N5O3/c1-5-6(12(14)15)4-9-11(5)3-2-7(13)10-8/h4H,2-3,8H2,1H3,(H,10,13). The molecule has 1 aromatic heterocycles. The normalized spacial score (nSPS) is 10.0. The Morgan fingerprint density at radius 2 is 2.47 bits per heavy atom. The molecule has 0 fully saturated rings. The summed E-state index contributed by atoms with van der Waals surface area (Å²) in [5, 5.41) is 14.3. The second kappa shape index (κ2) is 4.51. The maximum atomic E-state index is 10.8. The molecule has 1 amide bonds. The Labute approximate surface area is 85.2 Å². The molecule has 0 aliphatic heterocycles. The van der Waals surface area contributed by atoms with Crippen molar-refractivity contribution in [3.8, 4) is 0 Å². The average Bonchev–Trinajstić information content (AvgIpc) is 2.56. The van der Waals surface area contributed by atoms with E-state index in [1.807, 2.05) is 5.43 Å². The number of carbonyl (C=O) groups excluding carboxylic acids is 1. The molecular formula is C7H11N5O3. The fourth-order valence-corrected chi connectivity index (χ4v) is 1.12. The van der Waals surface area contributed by atoms with E-state index < -0.39 is 4.92 Å². The van der Waals surface area contributed by atoms with Crippen LogP contribution in [0.1, 0.15) is 12.1 Å². The first-order valence-corrected chi connectivity index (χ1v) is 4.22. The van der Waals surface area contributed by atoms with E-state index in [0.29, 0.717) is 5.69 Å². The first-order chi connectivity index (χ1) is 7.06. The molecule has 15 heavy (non-hydrogen) atoms. The van der Waals surface area contributed by atoms with Gasteiger partial charge in [0.25, 0.3) is 0 Å². The molecule has 0 spiro atoms. The van der Waals surface area contributed by atoms with Crippen LogP contribution in [0.5, 0.6) is 0 Å². The Hall–Kier alpha value is -1.96. The number of carbonyl (C=O) groups is 1. The van der Waals surface area contributed by atoms with E-state index in [1.165, 1.54) is 4.68 Å². The monoisotopic (exact) mass is 213 g/mol. The number of nitrogens with zero attached hydrogens (tertiary/aromatic N) is 3. The number of aromatic nitrogens is 2. The summed E-state index contributed by atoms with van der Waals surface area (Å²) in [6.07, 6.45) is 1.30. The third-order valence-corrected chi connectivity index (χ3v) is 1.99. The van der Waals surface area contributed by atoms with Crippen molar-refractivity contribution in [2.24, 2.45) is 5.84 Å². The topological polar surface area (TPSA) is 116 Å². The molecule has 0 bridgehead atoms. The third kappa shape index (κ3) is 2.50. The lowest BCUT2D eigenvalue weighted by molar-refractivity contribution is -0.385. The van der Waals surface area contributed by atoms with Crippen molar-refractivity contribution in [1.29, 1.82) is 0 Å². The number of amides is 1. The lowest BCUT2D eigenvalue weighted by Gasteiger charge is -2.02. The number of hydrogen-bond acceptors (Lipinski definition) is 5. The minimum Gasteiger partial charge on any atom is -0.294 e. The van der Waals surface area contributed by atoms with E-state index in [-0.39, 0.29) is 24.6 Å². The van der Waals surface area contributed by atoms with Gasteiger partial charge in [-0.05, 0) is 6.92 Å². The number of hydrogen-bond donors (Lipinski definition) is 2. The maximum Gasteiger partial charge on any atom is 0.309 e. The second-order valence-corrected chi connectivity index (χ2v) is 2.91. The molecule has 3 N–H and O–H groups in total. The summed E-state index contributed by atoms with van der Waals surface area (Å²) in [6, 6.07) is 0. The summed E-state index contributed by atoms with van der Waals surface area (Å²) in [4.78, 5) is 20.8. The van der Waals surface area contributed by atoms with Crippen LogP contribution in [0.25, 0.3) is 0 Å². The SMILES string of the molecule is Cc1c([N+](=O)[O-])cnn1CCC(=O)NN. The fraction of sp³-hybridized carbons (Fsp3) is 0.429. The highest BCUT2D eigenvalue weighted by Gasteiger charge is 2.16. The number of aryl methyl sites for hydroxylation is 1. The van der Waals surface area contributed by atoms with Crippen LogP contribution in [0.2, 0.25) is 0 Å². The molecular weight excluding hydrogens is 202 g/mol. The van der Waals surface area contributed by atoms with Gasteiger partial charge in [-0.2, -0.15) is 5.10 Å². The van der Waals surface area contributed by atoms with Gasteiger partial charge in [0.05, 0.1) is 11.5 Å². The molecule has 1 aromatic rings. The molecule has 0 saturated heterocycles. The number of nitrogens with one attached hydrogen (secondary N) is 1. The Balaban J connectivity index is 2.71. The summed E-state index contributed by atoms with van der Waals surface area (Å²) in [6.45, 7) is 1.84. The van der Waals surface area contributed by atoms with Gasteiger partial charge in [-0.15, -0.1) is 0 Å². The van der Waals surface area contributed by atoms with Gasteiger partial charge in [0.15, 0.2) is 0 Å². The van der Waals surface area contributed by atoms with Crippen LogP contribution in [0, 0.1) is 17.0 Å². The smallest absolute Gasteiger partial charge is 0.294 e. The molecule has 1 rings (SSSR count). The van der Waals surface area contributed by atoms with Gasteiger partial charge >= 0.3 is 5.69 Å². The zero-order valence-electron chi connectivity index (χ0n) is 8.14. The summed E-state index contributed by atoms with van der Waals surface area (Å²) in [5.41, 5.74) is 2.34. The second-order valence-electron chi connectivity index (χ2n) is 2.91. The van der Waals surface area contributed by atoms with Crippen LogP contribution < -0.4 is 11.3 Å². The Kier molecular flexibility index (Phi) is 3.34. The van der Waals surface area contributed by atoms with Crippen LogP contribution in [-0.2, 0) is 11.3 Å². The third-order valence-electron chi connectivity index (χ3n) is 1.99. The summed E-state index contributed by atoms with van der Waals surface area (Å²) >= 11 is 0. The maximum absolute atomic E-state index is 10.8. The van der Waals surface area contributed by atoms with Gasteiger partial charge in [0.1, 0.15) is 11.9 Å². The van der Waals surface area contributed by atoms with Gasteiger partial charge in [-0.25, -0.2) is 5.84 Å². The highest BCUT2D eigenvalue weighted by molar-refractivity contribution is 5.75. The highest BCUT2D eigenvalue weighted by Crippen LogP contribution is 2.15. The van der Waals surface area contributed by atoms with Crippen molar-refractivity contribution in [3.63, 3.8) is 0 Å². The van der Waals surface area contributed by atoms with E-state index in [2.05, 4.69) is 5.10 Å². The molecule has 0 radical (unpaired) electrons. The molecule has 8 heteroatoms. The quantitative estimate of drug-likeness (QED) is 0.302.